The Morgan fingerprint density at radius 1 is 1.20 bits per heavy atom. The van der Waals surface area contributed by atoms with Crippen molar-refractivity contribution in [1.29, 1.82) is 0 Å². The predicted octanol–water partition coefficient (Wildman–Crippen LogP) is 3.31. The van der Waals surface area contributed by atoms with Crippen molar-refractivity contribution < 1.29 is 0 Å². The number of nitrogens with one attached hydrogen (secondary N) is 1. The summed E-state index contributed by atoms with van der Waals surface area (Å²) < 4.78 is 0. The molecule has 2 aromatic heterocycles. The Bertz CT molecular complexity index is 768. The Labute approximate surface area is 121 Å². The van der Waals surface area contributed by atoms with Gasteiger partial charge in [0.15, 0.2) is 0 Å². The van der Waals surface area contributed by atoms with Crippen molar-refractivity contribution in [2.75, 3.05) is 6.54 Å². The van der Waals surface area contributed by atoms with E-state index in [4.69, 9.17) is 4.98 Å². The van der Waals surface area contributed by atoms with Crippen LogP contribution in [-0.4, -0.2) is 16.5 Å². The summed E-state index contributed by atoms with van der Waals surface area (Å²) >= 11 is 1.81. The van der Waals surface area contributed by atoms with E-state index in [1.54, 1.807) is 0 Å². The second-order valence-electron chi connectivity index (χ2n) is 5.14. The minimum atomic E-state index is 0.953. The SMILES string of the molecule is Cc1cc(-c2nc3c(s2)CNCC3)c2ccccc2n1. The topological polar surface area (TPSA) is 37.8 Å². The summed E-state index contributed by atoms with van der Waals surface area (Å²) in [5, 5.41) is 5.73. The lowest BCUT2D eigenvalue weighted by atomic mass is 10.1. The molecule has 0 unspecified atom stereocenters. The summed E-state index contributed by atoms with van der Waals surface area (Å²) in [6.07, 6.45) is 1.04. The highest BCUT2D eigenvalue weighted by Crippen LogP contribution is 2.34. The van der Waals surface area contributed by atoms with Gasteiger partial charge in [0.25, 0.3) is 0 Å². The van der Waals surface area contributed by atoms with Crippen molar-refractivity contribution in [2.24, 2.45) is 0 Å². The molecule has 3 nitrogen and oxygen atoms in total. The maximum Gasteiger partial charge on any atom is 0.124 e. The minimum absolute atomic E-state index is 0.953. The lowest BCUT2D eigenvalue weighted by Crippen LogP contribution is -2.22. The number of benzene rings is 1. The van der Waals surface area contributed by atoms with Crippen LogP contribution in [0.3, 0.4) is 0 Å². The largest absolute Gasteiger partial charge is 0.311 e. The van der Waals surface area contributed by atoms with Gasteiger partial charge in [-0.05, 0) is 19.1 Å². The van der Waals surface area contributed by atoms with Crippen LogP contribution in [0.25, 0.3) is 21.5 Å². The van der Waals surface area contributed by atoms with Gasteiger partial charge in [-0.25, -0.2) is 4.98 Å². The minimum Gasteiger partial charge on any atom is -0.311 e. The Hall–Kier alpha value is -1.78. The van der Waals surface area contributed by atoms with E-state index in [2.05, 4.69) is 34.6 Å². The lowest BCUT2D eigenvalue weighted by Gasteiger charge is -2.09. The average Bonchev–Trinajstić information content (AvgIpc) is 2.90. The number of aryl methyl sites for hydroxylation is 1. The van der Waals surface area contributed by atoms with Gasteiger partial charge in [-0.15, -0.1) is 11.3 Å². The Morgan fingerprint density at radius 3 is 3.00 bits per heavy atom. The zero-order valence-corrected chi connectivity index (χ0v) is 12.1. The summed E-state index contributed by atoms with van der Waals surface area (Å²) in [5.41, 5.74) is 4.58. The number of hydrogen-bond donors (Lipinski definition) is 1. The van der Waals surface area contributed by atoms with Gasteiger partial charge < -0.3 is 5.32 Å². The fourth-order valence-electron chi connectivity index (χ4n) is 2.73. The third-order valence-electron chi connectivity index (χ3n) is 3.68. The molecule has 0 saturated heterocycles. The third-order valence-corrected chi connectivity index (χ3v) is 4.81. The van der Waals surface area contributed by atoms with Crippen LogP contribution in [0.2, 0.25) is 0 Å². The molecule has 1 N–H and O–H groups in total. The van der Waals surface area contributed by atoms with Crippen molar-refractivity contribution in [3.8, 4) is 10.6 Å². The highest BCUT2D eigenvalue weighted by atomic mass is 32.1. The van der Waals surface area contributed by atoms with Crippen LogP contribution in [0, 0.1) is 6.92 Å². The molecular weight excluding hydrogens is 266 g/mol. The molecule has 3 aromatic rings. The molecule has 0 bridgehead atoms. The monoisotopic (exact) mass is 281 g/mol. The summed E-state index contributed by atoms with van der Waals surface area (Å²) in [6.45, 7) is 4.03. The molecule has 1 aliphatic rings. The van der Waals surface area contributed by atoms with Gasteiger partial charge in [-0.3, -0.25) is 4.98 Å². The molecule has 0 fully saturated rings. The standard InChI is InChI=1S/C16H15N3S/c1-10-8-12(11-4-2-3-5-13(11)18-10)16-19-14-6-7-17-9-15(14)20-16/h2-5,8,17H,6-7,9H2,1H3. The quantitative estimate of drug-likeness (QED) is 0.743. The number of thiazole rings is 1. The molecule has 0 amide bonds. The number of para-hydroxylation sites is 1. The first-order valence-electron chi connectivity index (χ1n) is 6.87. The first-order valence-corrected chi connectivity index (χ1v) is 7.69. The van der Waals surface area contributed by atoms with E-state index in [0.29, 0.717) is 0 Å². The Kier molecular flexibility index (Phi) is 2.79. The normalized spacial score (nSPS) is 14.4. The summed E-state index contributed by atoms with van der Waals surface area (Å²) in [4.78, 5) is 10.9. The number of rotatable bonds is 1. The van der Waals surface area contributed by atoms with Gasteiger partial charge in [0, 0.05) is 41.0 Å². The predicted molar refractivity (Wildman–Crippen MR) is 83.0 cm³/mol. The maximum atomic E-state index is 4.86. The molecule has 0 spiro atoms. The summed E-state index contributed by atoms with van der Waals surface area (Å²) in [5.74, 6) is 0. The number of aromatic nitrogens is 2. The second-order valence-corrected chi connectivity index (χ2v) is 6.23. The van der Waals surface area contributed by atoms with E-state index in [0.717, 1.165) is 35.7 Å². The van der Waals surface area contributed by atoms with E-state index in [-0.39, 0.29) is 0 Å². The van der Waals surface area contributed by atoms with E-state index in [9.17, 15) is 0 Å². The number of pyridine rings is 1. The number of fused-ring (bicyclic) bond motifs is 2. The molecule has 3 heterocycles. The van der Waals surface area contributed by atoms with Crippen molar-refractivity contribution >= 4 is 22.2 Å². The molecule has 0 atom stereocenters. The van der Waals surface area contributed by atoms with Crippen LogP contribution >= 0.6 is 11.3 Å². The van der Waals surface area contributed by atoms with Gasteiger partial charge in [-0.2, -0.15) is 0 Å². The molecule has 20 heavy (non-hydrogen) atoms. The molecule has 0 aliphatic carbocycles. The fourth-order valence-corrected chi connectivity index (χ4v) is 3.83. The molecule has 4 heteroatoms. The van der Waals surface area contributed by atoms with Crippen LogP contribution in [0.1, 0.15) is 16.3 Å². The van der Waals surface area contributed by atoms with Gasteiger partial charge in [0.1, 0.15) is 5.01 Å². The van der Waals surface area contributed by atoms with E-state index >= 15 is 0 Å². The summed E-state index contributed by atoms with van der Waals surface area (Å²) in [7, 11) is 0. The number of hydrogen-bond acceptors (Lipinski definition) is 4. The van der Waals surface area contributed by atoms with Crippen LogP contribution in [0.5, 0.6) is 0 Å². The highest BCUT2D eigenvalue weighted by molar-refractivity contribution is 7.15. The average molecular weight is 281 g/mol. The van der Waals surface area contributed by atoms with Crippen molar-refractivity contribution in [2.45, 2.75) is 19.9 Å². The molecular formula is C16H15N3S. The molecule has 100 valence electrons. The smallest absolute Gasteiger partial charge is 0.124 e. The van der Waals surface area contributed by atoms with Crippen LogP contribution in [-0.2, 0) is 13.0 Å². The van der Waals surface area contributed by atoms with Gasteiger partial charge in [-0.1, -0.05) is 18.2 Å². The van der Waals surface area contributed by atoms with Gasteiger partial charge in [0.05, 0.1) is 11.2 Å². The van der Waals surface area contributed by atoms with Crippen molar-refractivity contribution in [1.82, 2.24) is 15.3 Å². The second kappa shape index (κ2) is 4.65. The van der Waals surface area contributed by atoms with Gasteiger partial charge >= 0.3 is 0 Å². The van der Waals surface area contributed by atoms with E-state index in [1.807, 2.05) is 24.3 Å². The zero-order valence-electron chi connectivity index (χ0n) is 11.3. The molecule has 1 aromatic carbocycles. The maximum absolute atomic E-state index is 4.86. The molecule has 0 radical (unpaired) electrons. The van der Waals surface area contributed by atoms with Crippen LogP contribution in [0.15, 0.2) is 30.3 Å². The van der Waals surface area contributed by atoms with Crippen LogP contribution < -0.4 is 5.32 Å². The van der Waals surface area contributed by atoms with E-state index < -0.39 is 0 Å². The Morgan fingerprint density at radius 2 is 2.10 bits per heavy atom. The Balaban J connectivity index is 1.95. The molecule has 0 saturated carbocycles. The fraction of sp³-hybridized carbons (Fsp3) is 0.250. The first kappa shape index (κ1) is 12.0. The summed E-state index contributed by atoms with van der Waals surface area (Å²) in [6, 6.07) is 10.5. The van der Waals surface area contributed by atoms with Crippen LogP contribution in [0.4, 0.5) is 0 Å². The lowest BCUT2D eigenvalue weighted by molar-refractivity contribution is 0.644. The first-order chi connectivity index (χ1) is 9.81. The number of nitrogens with zero attached hydrogens (tertiary/aromatic N) is 2. The van der Waals surface area contributed by atoms with Crippen molar-refractivity contribution in [3.05, 3.63) is 46.6 Å². The third kappa shape index (κ3) is 1.92. The highest BCUT2D eigenvalue weighted by Gasteiger charge is 2.17. The van der Waals surface area contributed by atoms with E-state index in [1.165, 1.54) is 21.5 Å². The molecule has 4 rings (SSSR count). The zero-order chi connectivity index (χ0) is 13.5. The van der Waals surface area contributed by atoms with Crippen molar-refractivity contribution in [3.63, 3.8) is 0 Å². The molecule has 1 aliphatic heterocycles. The van der Waals surface area contributed by atoms with Gasteiger partial charge in [0.2, 0.25) is 0 Å².